The van der Waals surface area contributed by atoms with Crippen molar-refractivity contribution in [1.82, 2.24) is 0 Å². The standard InChI is InChI=1S/C24H38F2O/c1-3-5-7-9-13-20-14-15-21(23(26)22(20)25)27-19-24(16-10-6-4-2)17-11-8-12-18-24/h14-15H,3-13,16-19H2,1-2H3. The lowest BCUT2D eigenvalue weighted by atomic mass is 9.71. The Morgan fingerprint density at radius 1 is 0.852 bits per heavy atom. The Labute approximate surface area is 164 Å². The van der Waals surface area contributed by atoms with Crippen LogP contribution in [-0.2, 0) is 6.42 Å². The number of rotatable bonds is 12. The minimum atomic E-state index is -0.803. The lowest BCUT2D eigenvalue weighted by molar-refractivity contribution is 0.0815. The summed E-state index contributed by atoms with van der Waals surface area (Å²) < 4.78 is 34.8. The Bertz CT molecular complexity index is 550. The summed E-state index contributed by atoms with van der Waals surface area (Å²) in [6, 6.07) is 3.35. The number of aryl methyl sites for hydroxylation is 1. The fraction of sp³-hybridized carbons (Fsp3) is 0.750. The molecule has 2 rings (SSSR count). The van der Waals surface area contributed by atoms with Gasteiger partial charge in [-0.15, -0.1) is 0 Å². The highest BCUT2D eigenvalue weighted by atomic mass is 19.2. The summed E-state index contributed by atoms with van der Waals surface area (Å²) in [5, 5.41) is 0. The van der Waals surface area contributed by atoms with Gasteiger partial charge in [-0.05, 0) is 43.7 Å². The van der Waals surface area contributed by atoms with Gasteiger partial charge in [0, 0.05) is 5.41 Å². The number of ether oxygens (including phenoxy) is 1. The minimum absolute atomic E-state index is 0.0882. The van der Waals surface area contributed by atoms with E-state index in [1.807, 2.05) is 0 Å². The zero-order chi connectivity index (χ0) is 19.5. The summed E-state index contributed by atoms with van der Waals surface area (Å²) in [5.74, 6) is -1.43. The molecule has 0 radical (unpaired) electrons. The molecule has 0 aromatic heterocycles. The summed E-state index contributed by atoms with van der Waals surface area (Å²) in [6.07, 6.45) is 15.7. The molecule has 1 fully saturated rings. The Kier molecular flexibility index (Phi) is 9.58. The Balaban J connectivity index is 1.97. The molecule has 1 aliphatic carbocycles. The molecule has 0 unspecified atom stereocenters. The molecule has 0 heterocycles. The molecule has 154 valence electrons. The summed E-state index contributed by atoms with van der Waals surface area (Å²) >= 11 is 0. The highest BCUT2D eigenvalue weighted by molar-refractivity contribution is 5.31. The second-order valence-electron chi connectivity index (χ2n) is 8.47. The van der Waals surface area contributed by atoms with Crippen LogP contribution >= 0.6 is 0 Å². The molecule has 1 saturated carbocycles. The maximum Gasteiger partial charge on any atom is 0.200 e. The van der Waals surface area contributed by atoms with Gasteiger partial charge in [0.1, 0.15) is 0 Å². The molecule has 1 nitrogen and oxygen atoms in total. The Morgan fingerprint density at radius 3 is 2.26 bits per heavy atom. The van der Waals surface area contributed by atoms with E-state index in [-0.39, 0.29) is 11.2 Å². The maximum absolute atomic E-state index is 14.5. The van der Waals surface area contributed by atoms with Crippen molar-refractivity contribution in [3.05, 3.63) is 29.3 Å². The Morgan fingerprint density at radius 2 is 1.56 bits per heavy atom. The van der Waals surface area contributed by atoms with Crippen LogP contribution in [0.2, 0.25) is 0 Å². The first kappa shape index (κ1) is 22.2. The van der Waals surface area contributed by atoms with E-state index >= 15 is 0 Å². The van der Waals surface area contributed by atoms with Gasteiger partial charge in [-0.25, -0.2) is 4.39 Å². The first-order valence-electron chi connectivity index (χ1n) is 11.2. The summed E-state index contributed by atoms with van der Waals surface area (Å²) in [4.78, 5) is 0. The molecule has 0 N–H and O–H groups in total. The van der Waals surface area contributed by atoms with Crippen molar-refractivity contribution in [2.45, 2.75) is 104 Å². The van der Waals surface area contributed by atoms with Gasteiger partial charge in [0.2, 0.25) is 5.82 Å². The molecule has 27 heavy (non-hydrogen) atoms. The van der Waals surface area contributed by atoms with Gasteiger partial charge in [-0.1, -0.05) is 77.7 Å². The van der Waals surface area contributed by atoms with Crippen molar-refractivity contribution in [1.29, 1.82) is 0 Å². The van der Waals surface area contributed by atoms with Crippen LogP contribution in [0.25, 0.3) is 0 Å². The van der Waals surface area contributed by atoms with Crippen LogP contribution in [-0.4, -0.2) is 6.61 Å². The van der Waals surface area contributed by atoms with Crippen LogP contribution in [0.3, 0.4) is 0 Å². The number of benzene rings is 1. The molecule has 1 aromatic carbocycles. The zero-order valence-electron chi connectivity index (χ0n) is 17.4. The number of hydrogen-bond donors (Lipinski definition) is 0. The lowest BCUT2D eigenvalue weighted by Crippen LogP contribution is -2.31. The van der Waals surface area contributed by atoms with Crippen LogP contribution in [0.15, 0.2) is 12.1 Å². The van der Waals surface area contributed by atoms with Gasteiger partial charge in [0.05, 0.1) is 6.61 Å². The van der Waals surface area contributed by atoms with Gasteiger partial charge in [0.15, 0.2) is 11.6 Å². The van der Waals surface area contributed by atoms with Gasteiger partial charge in [-0.2, -0.15) is 4.39 Å². The molecule has 0 atom stereocenters. The molecular formula is C24H38F2O. The molecule has 0 aliphatic heterocycles. The molecule has 0 spiro atoms. The van der Waals surface area contributed by atoms with Crippen molar-refractivity contribution in [3.8, 4) is 5.75 Å². The SMILES string of the molecule is CCCCCCc1ccc(OCC2(CCCCC)CCCCC2)c(F)c1F. The largest absolute Gasteiger partial charge is 0.490 e. The average molecular weight is 381 g/mol. The topological polar surface area (TPSA) is 9.23 Å². The van der Waals surface area contributed by atoms with E-state index in [0.717, 1.165) is 44.9 Å². The monoisotopic (exact) mass is 380 g/mol. The number of hydrogen-bond acceptors (Lipinski definition) is 1. The quantitative estimate of drug-likeness (QED) is 0.334. The van der Waals surface area contributed by atoms with E-state index in [0.29, 0.717) is 18.6 Å². The van der Waals surface area contributed by atoms with Crippen LogP contribution in [0, 0.1) is 17.0 Å². The zero-order valence-corrected chi connectivity index (χ0v) is 17.4. The summed E-state index contributed by atoms with van der Waals surface area (Å²) in [7, 11) is 0. The number of unbranched alkanes of at least 4 members (excludes halogenated alkanes) is 5. The van der Waals surface area contributed by atoms with Crippen LogP contribution in [0.4, 0.5) is 8.78 Å². The molecular weight excluding hydrogens is 342 g/mol. The molecule has 0 amide bonds. The smallest absolute Gasteiger partial charge is 0.200 e. The van der Waals surface area contributed by atoms with Crippen molar-refractivity contribution in [2.75, 3.05) is 6.61 Å². The predicted molar refractivity (Wildman–Crippen MR) is 109 cm³/mol. The predicted octanol–water partition coefficient (Wildman–Crippen LogP) is 8.00. The molecule has 0 saturated heterocycles. The minimum Gasteiger partial charge on any atom is -0.490 e. The maximum atomic E-state index is 14.5. The normalized spacial score (nSPS) is 16.4. The molecule has 0 bridgehead atoms. The fourth-order valence-electron chi connectivity index (χ4n) is 4.37. The third-order valence-electron chi connectivity index (χ3n) is 6.19. The molecule has 1 aliphatic rings. The molecule has 3 heteroatoms. The van der Waals surface area contributed by atoms with Crippen LogP contribution < -0.4 is 4.74 Å². The third-order valence-corrected chi connectivity index (χ3v) is 6.19. The van der Waals surface area contributed by atoms with Gasteiger partial charge < -0.3 is 4.74 Å². The second kappa shape index (κ2) is 11.7. The van der Waals surface area contributed by atoms with Crippen LogP contribution in [0.1, 0.15) is 103 Å². The van der Waals surface area contributed by atoms with E-state index in [1.165, 1.54) is 38.5 Å². The third kappa shape index (κ3) is 6.76. The highest BCUT2D eigenvalue weighted by Gasteiger charge is 2.32. The Hall–Kier alpha value is -1.12. The van der Waals surface area contributed by atoms with Crippen molar-refractivity contribution in [3.63, 3.8) is 0 Å². The first-order chi connectivity index (χ1) is 13.1. The molecule has 1 aromatic rings. The number of halogens is 2. The second-order valence-corrected chi connectivity index (χ2v) is 8.47. The van der Waals surface area contributed by atoms with E-state index in [2.05, 4.69) is 13.8 Å². The van der Waals surface area contributed by atoms with Crippen molar-refractivity contribution >= 4 is 0 Å². The van der Waals surface area contributed by atoms with Crippen LogP contribution in [0.5, 0.6) is 5.75 Å². The lowest BCUT2D eigenvalue weighted by Gasteiger charge is -2.37. The summed E-state index contributed by atoms with van der Waals surface area (Å²) in [6.45, 7) is 4.88. The summed E-state index contributed by atoms with van der Waals surface area (Å²) in [5.41, 5.74) is 0.626. The van der Waals surface area contributed by atoms with E-state index in [1.54, 1.807) is 12.1 Å². The van der Waals surface area contributed by atoms with Gasteiger partial charge in [0.25, 0.3) is 0 Å². The van der Waals surface area contributed by atoms with Crippen molar-refractivity contribution in [2.24, 2.45) is 5.41 Å². The van der Waals surface area contributed by atoms with Gasteiger partial charge >= 0.3 is 0 Å². The van der Waals surface area contributed by atoms with E-state index < -0.39 is 11.6 Å². The van der Waals surface area contributed by atoms with E-state index in [4.69, 9.17) is 4.74 Å². The fourth-order valence-corrected chi connectivity index (χ4v) is 4.37. The van der Waals surface area contributed by atoms with Gasteiger partial charge in [-0.3, -0.25) is 0 Å². The first-order valence-corrected chi connectivity index (χ1v) is 11.2. The van der Waals surface area contributed by atoms with Crippen molar-refractivity contribution < 1.29 is 13.5 Å². The van der Waals surface area contributed by atoms with E-state index in [9.17, 15) is 8.78 Å². The highest BCUT2D eigenvalue weighted by Crippen LogP contribution is 2.41. The average Bonchev–Trinajstić information content (AvgIpc) is 2.69.